The number of imidazole rings is 1. The van der Waals surface area contributed by atoms with Gasteiger partial charge in [0.1, 0.15) is 12.2 Å². The monoisotopic (exact) mass is 388 g/mol. The fraction of sp³-hybridized carbons (Fsp3) is 0.227. The average molecular weight is 388 g/mol. The summed E-state index contributed by atoms with van der Waals surface area (Å²) in [6.07, 6.45) is 3.16. The Bertz CT molecular complexity index is 1130. The minimum absolute atomic E-state index is 0.00124. The molecule has 0 saturated heterocycles. The quantitative estimate of drug-likeness (QED) is 0.565. The number of nitrogens with zero attached hydrogens (tertiary/aromatic N) is 3. The van der Waals surface area contributed by atoms with Crippen LogP contribution in [0.5, 0.6) is 0 Å². The minimum Gasteiger partial charge on any atom is -0.348 e. The molecule has 140 valence electrons. The number of rotatable bonds is 4. The van der Waals surface area contributed by atoms with Crippen LogP contribution in [0.1, 0.15) is 30.0 Å². The molecule has 2 aromatic heterocycles. The van der Waals surface area contributed by atoms with Gasteiger partial charge in [-0.25, -0.2) is 9.97 Å². The molecule has 0 bridgehead atoms. The van der Waals surface area contributed by atoms with Gasteiger partial charge in [-0.05, 0) is 42.5 Å². The van der Waals surface area contributed by atoms with Gasteiger partial charge in [-0.15, -0.1) is 11.3 Å². The molecule has 0 saturated carbocycles. The Hall–Kier alpha value is -2.99. The molecule has 0 fully saturated rings. The van der Waals surface area contributed by atoms with Crippen LogP contribution >= 0.6 is 11.3 Å². The molecule has 1 aliphatic carbocycles. The number of hydrogen-bond donors (Lipinski definition) is 1. The van der Waals surface area contributed by atoms with Crippen molar-refractivity contribution in [3.05, 3.63) is 70.5 Å². The Morgan fingerprint density at radius 2 is 2.04 bits per heavy atom. The molecule has 5 rings (SSSR count). The second kappa shape index (κ2) is 7.20. The predicted octanol–water partition coefficient (Wildman–Crippen LogP) is 4.35. The number of hydrogen-bond acceptors (Lipinski definition) is 4. The normalized spacial score (nSPS) is 16.1. The third-order valence-electron chi connectivity index (χ3n) is 5.32. The molecule has 0 spiro atoms. The average Bonchev–Trinajstić information content (AvgIpc) is 3.37. The third-order valence-corrected chi connectivity index (χ3v) is 5.91. The van der Waals surface area contributed by atoms with E-state index >= 15 is 0 Å². The maximum Gasteiger partial charge on any atom is 0.240 e. The van der Waals surface area contributed by atoms with Gasteiger partial charge in [-0.3, -0.25) is 4.79 Å². The van der Waals surface area contributed by atoms with Gasteiger partial charge in [0.2, 0.25) is 5.91 Å². The molecule has 6 heteroatoms. The SMILES string of the molecule is O=C(Cn1c(-c2cscn2)nc2ccccc21)N[C@H]1CCCc2ccccc21. The lowest BCUT2D eigenvalue weighted by atomic mass is 9.88. The highest BCUT2D eigenvalue weighted by molar-refractivity contribution is 7.07. The largest absolute Gasteiger partial charge is 0.348 e. The van der Waals surface area contributed by atoms with E-state index in [1.54, 1.807) is 5.51 Å². The summed E-state index contributed by atoms with van der Waals surface area (Å²) in [5, 5.41) is 5.21. The number of thiazole rings is 1. The van der Waals surface area contributed by atoms with Gasteiger partial charge in [0.05, 0.1) is 22.6 Å². The number of carbonyl (C=O) groups is 1. The van der Waals surface area contributed by atoms with Gasteiger partial charge in [0.15, 0.2) is 5.82 Å². The van der Waals surface area contributed by atoms with Crippen LogP contribution in [0.15, 0.2) is 59.4 Å². The summed E-state index contributed by atoms with van der Waals surface area (Å²) < 4.78 is 1.97. The fourth-order valence-corrected chi connectivity index (χ4v) is 4.57. The van der Waals surface area contributed by atoms with Crippen molar-refractivity contribution in [2.24, 2.45) is 0 Å². The molecule has 0 radical (unpaired) electrons. The second-order valence-corrected chi connectivity index (χ2v) is 7.81. The van der Waals surface area contributed by atoms with Crippen LogP contribution in [-0.4, -0.2) is 20.4 Å². The zero-order chi connectivity index (χ0) is 18.9. The zero-order valence-electron chi connectivity index (χ0n) is 15.3. The van der Waals surface area contributed by atoms with Crippen LogP contribution in [0, 0.1) is 0 Å². The molecular formula is C22H20N4OS. The number of benzene rings is 2. The van der Waals surface area contributed by atoms with Gasteiger partial charge in [0.25, 0.3) is 0 Å². The first-order valence-electron chi connectivity index (χ1n) is 9.50. The highest BCUT2D eigenvalue weighted by Crippen LogP contribution is 2.30. The van der Waals surface area contributed by atoms with Gasteiger partial charge in [-0.2, -0.15) is 0 Å². The molecule has 1 aliphatic rings. The summed E-state index contributed by atoms with van der Waals surface area (Å²) in [7, 11) is 0. The molecule has 28 heavy (non-hydrogen) atoms. The fourth-order valence-electron chi connectivity index (χ4n) is 4.04. The van der Waals surface area contributed by atoms with Gasteiger partial charge in [0, 0.05) is 5.38 Å². The van der Waals surface area contributed by atoms with Gasteiger partial charge < -0.3 is 9.88 Å². The van der Waals surface area contributed by atoms with Crippen LogP contribution in [0.3, 0.4) is 0 Å². The van der Waals surface area contributed by atoms with Crippen molar-refractivity contribution in [1.82, 2.24) is 19.9 Å². The smallest absolute Gasteiger partial charge is 0.240 e. The Morgan fingerprint density at radius 1 is 1.18 bits per heavy atom. The summed E-state index contributed by atoms with van der Waals surface area (Å²) in [6, 6.07) is 16.4. The van der Waals surface area contributed by atoms with E-state index in [9.17, 15) is 4.79 Å². The molecule has 5 nitrogen and oxygen atoms in total. The minimum atomic E-state index is 0.00124. The molecule has 1 amide bonds. The van der Waals surface area contributed by atoms with Crippen LogP contribution in [0.4, 0.5) is 0 Å². The Kier molecular flexibility index (Phi) is 4.41. The Morgan fingerprint density at radius 3 is 2.93 bits per heavy atom. The first-order valence-corrected chi connectivity index (χ1v) is 10.4. The third kappa shape index (κ3) is 3.10. The Labute approximate surface area is 167 Å². The van der Waals surface area contributed by atoms with Crippen molar-refractivity contribution >= 4 is 28.3 Å². The Balaban J connectivity index is 1.45. The standard InChI is InChI=1S/C22H20N4OS/c27-21(24-17-10-5-7-15-6-1-2-8-16(15)17)12-26-20-11-4-3-9-18(20)25-22(26)19-13-28-14-23-19/h1-4,6,8-9,11,13-14,17H,5,7,10,12H2,(H,24,27)/t17-/m0/s1. The lowest BCUT2D eigenvalue weighted by Gasteiger charge is -2.26. The molecule has 2 aromatic carbocycles. The van der Waals surface area contributed by atoms with Crippen molar-refractivity contribution in [3.63, 3.8) is 0 Å². The van der Waals surface area contributed by atoms with Crippen molar-refractivity contribution in [3.8, 4) is 11.5 Å². The molecule has 1 atom stereocenters. The number of nitrogens with one attached hydrogen (secondary N) is 1. The van der Waals surface area contributed by atoms with E-state index in [1.165, 1.54) is 22.5 Å². The first-order chi connectivity index (χ1) is 13.8. The van der Waals surface area contributed by atoms with E-state index in [2.05, 4.69) is 28.5 Å². The lowest BCUT2D eigenvalue weighted by Crippen LogP contribution is -2.33. The number of para-hydroxylation sites is 2. The zero-order valence-corrected chi connectivity index (χ0v) is 16.2. The van der Waals surface area contributed by atoms with Gasteiger partial charge in [-0.1, -0.05) is 36.4 Å². The van der Waals surface area contributed by atoms with E-state index < -0.39 is 0 Å². The van der Waals surface area contributed by atoms with E-state index in [0.717, 1.165) is 41.8 Å². The highest BCUT2D eigenvalue weighted by Gasteiger charge is 2.23. The molecule has 0 aliphatic heterocycles. The van der Waals surface area contributed by atoms with Crippen LogP contribution in [0.25, 0.3) is 22.6 Å². The van der Waals surface area contributed by atoms with Crippen LogP contribution in [-0.2, 0) is 17.8 Å². The van der Waals surface area contributed by atoms with Crippen LogP contribution < -0.4 is 5.32 Å². The van der Waals surface area contributed by atoms with Crippen molar-refractivity contribution < 1.29 is 4.79 Å². The summed E-state index contributed by atoms with van der Waals surface area (Å²) in [5.41, 5.74) is 7.01. The van der Waals surface area contributed by atoms with Gasteiger partial charge >= 0.3 is 0 Å². The maximum atomic E-state index is 13.0. The summed E-state index contributed by atoms with van der Waals surface area (Å²) in [4.78, 5) is 22.1. The first kappa shape index (κ1) is 17.1. The van der Waals surface area contributed by atoms with E-state index in [1.807, 2.05) is 40.3 Å². The molecule has 1 N–H and O–H groups in total. The maximum absolute atomic E-state index is 13.0. The number of aromatic nitrogens is 3. The second-order valence-electron chi connectivity index (χ2n) is 7.10. The summed E-state index contributed by atoms with van der Waals surface area (Å²) in [6.45, 7) is 0.228. The summed E-state index contributed by atoms with van der Waals surface area (Å²) in [5.74, 6) is 0.739. The molecule has 0 unspecified atom stereocenters. The molecule has 4 aromatic rings. The predicted molar refractivity (Wildman–Crippen MR) is 111 cm³/mol. The van der Waals surface area contributed by atoms with Crippen molar-refractivity contribution in [2.45, 2.75) is 31.8 Å². The van der Waals surface area contributed by atoms with Crippen molar-refractivity contribution in [2.75, 3.05) is 0 Å². The highest BCUT2D eigenvalue weighted by atomic mass is 32.1. The van der Waals surface area contributed by atoms with E-state index in [-0.39, 0.29) is 18.5 Å². The number of fused-ring (bicyclic) bond motifs is 2. The number of amides is 1. The van der Waals surface area contributed by atoms with E-state index in [4.69, 9.17) is 4.98 Å². The number of carbonyl (C=O) groups excluding carboxylic acids is 1. The number of aryl methyl sites for hydroxylation is 1. The lowest BCUT2D eigenvalue weighted by molar-refractivity contribution is -0.122. The molecular weight excluding hydrogens is 368 g/mol. The topological polar surface area (TPSA) is 59.8 Å². The molecule has 2 heterocycles. The van der Waals surface area contributed by atoms with Crippen molar-refractivity contribution in [1.29, 1.82) is 0 Å². The van der Waals surface area contributed by atoms with E-state index in [0.29, 0.717) is 0 Å². The summed E-state index contributed by atoms with van der Waals surface area (Å²) >= 11 is 1.53. The van der Waals surface area contributed by atoms with Crippen LogP contribution in [0.2, 0.25) is 0 Å².